The fourth-order valence-corrected chi connectivity index (χ4v) is 8.63. The van der Waals surface area contributed by atoms with Gasteiger partial charge < -0.3 is 14.6 Å². The van der Waals surface area contributed by atoms with Crippen molar-refractivity contribution in [3.05, 3.63) is 63.6 Å². The highest BCUT2D eigenvalue weighted by Crippen LogP contribution is 2.55. The normalized spacial score (nSPS) is 33.1. The number of hydrogen-bond acceptors (Lipinski definition) is 4. The van der Waals surface area contributed by atoms with Gasteiger partial charge in [0, 0.05) is 31.2 Å². The summed E-state index contributed by atoms with van der Waals surface area (Å²) < 4.78 is 5.66. The van der Waals surface area contributed by atoms with Crippen LogP contribution in [0.2, 0.25) is 0 Å². The molecule has 37 heavy (non-hydrogen) atoms. The smallest absolute Gasteiger partial charge is 0.270 e. The maximum atomic E-state index is 13.7. The fourth-order valence-electron chi connectivity index (χ4n) is 8.63. The molecule has 6 heteroatoms. The number of aromatic nitrogens is 1. The number of likely N-dealkylation sites (tertiary alicyclic amines) is 2. The molecule has 4 bridgehead atoms. The van der Waals surface area contributed by atoms with Crippen LogP contribution < -0.4 is 10.3 Å². The Balaban J connectivity index is 1.29. The van der Waals surface area contributed by atoms with Gasteiger partial charge >= 0.3 is 0 Å². The number of amides is 1. The summed E-state index contributed by atoms with van der Waals surface area (Å²) in [6.07, 6.45) is 11.1. The highest BCUT2D eigenvalue weighted by molar-refractivity contribution is 5.92. The molecule has 7 rings (SSSR count). The standard InChI is InChI=1S/C31H39N3O3/c1-37-24-9-8-21-16-28-31(11-3-13-33(28)18-20-6-7-20)12-10-27-25(15-22(21)14-24)23(17-31)19-34(27)30(36)26-4-2-5-29(35)32-26/h2,4-5,8-9,14,20,23,25,27-28H,3,6-7,10-13,15-19H2,1H3,(H,32,35)/t23-,25?,27?,28?,31?/m1/s1. The van der Waals surface area contributed by atoms with Crippen LogP contribution in [-0.4, -0.2) is 59.5 Å². The molecule has 3 aliphatic carbocycles. The van der Waals surface area contributed by atoms with Gasteiger partial charge in [0.05, 0.1) is 7.11 Å². The lowest BCUT2D eigenvalue weighted by atomic mass is 9.64. The molecule has 1 spiro atoms. The van der Waals surface area contributed by atoms with Crippen molar-refractivity contribution in [3.8, 4) is 5.75 Å². The van der Waals surface area contributed by atoms with Crippen LogP contribution in [-0.2, 0) is 12.8 Å². The van der Waals surface area contributed by atoms with E-state index in [2.05, 4.69) is 33.0 Å². The molecule has 0 radical (unpaired) electrons. The lowest BCUT2D eigenvalue weighted by Crippen LogP contribution is -2.55. The number of H-pyrrole nitrogens is 1. The maximum Gasteiger partial charge on any atom is 0.270 e. The zero-order valence-corrected chi connectivity index (χ0v) is 22.0. The first-order valence-electron chi connectivity index (χ1n) is 14.4. The number of aromatic amines is 1. The van der Waals surface area contributed by atoms with Crippen LogP contribution in [0.15, 0.2) is 41.2 Å². The summed E-state index contributed by atoms with van der Waals surface area (Å²) in [5.74, 6) is 2.76. The van der Waals surface area contributed by atoms with Crippen molar-refractivity contribution in [1.29, 1.82) is 0 Å². The van der Waals surface area contributed by atoms with E-state index in [0.717, 1.165) is 37.5 Å². The van der Waals surface area contributed by atoms with Crippen LogP contribution in [0.1, 0.15) is 66.6 Å². The Morgan fingerprint density at radius 2 is 2.00 bits per heavy atom. The molecule has 4 fully saturated rings. The third kappa shape index (κ3) is 4.12. The molecule has 2 aromatic rings. The zero-order valence-electron chi connectivity index (χ0n) is 22.0. The molecule has 1 amide bonds. The molecule has 1 aromatic heterocycles. The van der Waals surface area contributed by atoms with Crippen LogP contribution in [0.5, 0.6) is 5.75 Å². The second kappa shape index (κ2) is 9.00. The fraction of sp³-hybridized carbons (Fsp3) is 0.613. The number of carbonyl (C=O) groups is 1. The van der Waals surface area contributed by atoms with Crippen molar-refractivity contribution < 1.29 is 9.53 Å². The number of nitrogens with zero attached hydrogens (tertiary/aromatic N) is 2. The predicted octanol–water partition coefficient (Wildman–Crippen LogP) is 4.28. The van der Waals surface area contributed by atoms with Gasteiger partial charge in [-0.15, -0.1) is 0 Å². The van der Waals surface area contributed by atoms with E-state index in [-0.39, 0.29) is 17.5 Å². The van der Waals surface area contributed by atoms with Crippen LogP contribution >= 0.6 is 0 Å². The maximum absolute atomic E-state index is 13.7. The minimum Gasteiger partial charge on any atom is -0.497 e. The number of rotatable bonds is 4. The first kappa shape index (κ1) is 23.5. The van der Waals surface area contributed by atoms with Crippen LogP contribution in [0.3, 0.4) is 0 Å². The van der Waals surface area contributed by atoms with Crippen molar-refractivity contribution >= 4 is 5.91 Å². The average molecular weight is 502 g/mol. The van der Waals surface area contributed by atoms with Crippen molar-refractivity contribution in [2.75, 3.05) is 26.7 Å². The molecule has 196 valence electrons. The van der Waals surface area contributed by atoms with Crippen molar-refractivity contribution in [2.24, 2.45) is 23.2 Å². The Bertz CT molecular complexity index is 1250. The van der Waals surface area contributed by atoms with Crippen molar-refractivity contribution in [2.45, 2.75) is 69.9 Å². The summed E-state index contributed by atoms with van der Waals surface area (Å²) >= 11 is 0. The van der Waals surface area contributed by atoms with E-state index in [1.165, 1.54) is 68.8 Å². The summed E-state index contributed by atoms with van der Waals surface area (Å²) in [7, 11) is 1.76. The molecule has 5 aliphatic rings. The summed E-state index contributed by atoms with van der Waals surface area (Å²) in [5, 5.41) is 0. The molecular formula is C31H39N3O3. The Labute approximate surface area is 219 Å². The number of carbonyl (C=O) groups excluding carboxylic acids is 1. The van der Waals surface area contributed by atoms with Gasteiger partial charge in [0.15, 0.2) is 0 Å². The molecule has 2 saturated carbocycles. The number of methoxy groups -OCH3 is 1. The topological polar surface area (TPSA) is 65.6 Å². The summed E-state index contributed by atoms with van der Waals surface area (Å²) in [5.41, 5.74) is 3.44. The number of pyridine rings is 1. The number of hydrogen-bond donors (Lipinski definition) is 1. The molecule has 2 saturated heterocycles. The highest BCUT2D eigenvalue weighted by atomic mass is 16.5. The molecular weight excluding hydrogens is 462 g/mol. The van der Waals surface area contributed by atoms with Crippen LogP contribution in [0.25, 0.3) is 0 Å². The lowest BCUT2D eigenvalue weighted by Gasteiger charge is -2.52. The van der Waals surface area contributed by atoms with E-state index in [4.69, 9.17) is 4.74 Å². The van der Waals surface area contributed by atoms with Crippen LogP contribution in [0, 0.1) is 23.2 Å². The average Bonchev–Trinajstić information content (AvgIpc) is 3.66. The second-order valence-electron chi connectivity index (χ2n) is 12.6. The molecule has 5 atom stereocenters. The summed E-state index contributed by atoms with van der Waals surface area (Å²) in [6, 6.07) is 12.5. The van der Waals surface area contributed by atoms with E-state index in [1.807, 2.05) is 0 Å². The van der Waals surface area contributed by atoms with Crippen molar-refractivity contribution in [3.63, 3.8) is 0 Å². The molecule has 3 heterocycles. The lowest BCUT2D eigenvalue weighted by molar-refractivity contribution is -0.0160. The van der Waals surface area contributed by atoms with Gasteiger partial charge in [0.2, 0.25) is 5.56 Å². The highest BCUT2D eigenvalue weighted by Gasteiger charge is 2.55. The van der Waals surface area contributed by atoms with Crippen molar-refractivity contribution in [1.82, 2.24) is 14.8 Å². The van der Waals surface area contributed by atoms with Gasteiger partial charge in [-0.3, -0.25) is 14.5 Å². The Hall–Kier alpha value is -2.60. The van der Waals surface area contributed by atoms with Gasteiger partial charge in [0.1, 0.15) is 11.4 Å². The molecule has 2 aliphatic heterocycles. The van der Waals surface area contributed by atoms with E-state index in [0.29, 0.717) is 29.0 Å². The Kier molecular flexibility index (Phi) is 5.72. The SMILES string of the molecule is COc1ccc2c(c1)CC1C3CCC4(CCCN(CC5CC5)C4C2)C[C@@H]1CN3C(=O)c1cccc(=O)[nH]1. The van der Waals surface area contributed by atoms with Gasteiger partial charge in [0.25, 0.3) is 5.91 Å². The van der Waals surface area contributed by atoms with E-state index < -0.39 is 0 Å². The molecule has 1 N–H and O–H groups in total. The number of nitrogens with one attached hydrogen (secondary N) is 1. The van der Waals surface area contributed by atoms with Gasteiger partial charge in [-0.05, 0) is 117 Å². The largest absolute Gasteiger partial charge is 0.497 e. The predicted molar refractivity (Wildman–Crippen MR) is 143 cm³/mol. The molecule has 4 unspecified atom stereocenters. The van der Waals surface area contributed by atoms with E-state index in [1.54, 1.807) is 19.2 Å². The second-order valence-corrected chi connectivity index (χ2v) is 12.6. The van der Waals surface area contributed by atoms with Gasteiger partial charge in [-0.2, -0.15) is 0 Å². The Morgan fingerprint density at radius 3 is 2.81 bits per heavy atom. The Morgan fingerprint density at radius 1 is 1.11 bits per heavy atom. The summed E-state index contributed by atoms with van der Waals surface area (Å²) in [4.78, 5) is 33.5. The number of fused-ring (bicyclic) bond motifs is 1. The first-order chi connectivity index (χ1) is 18.0. The minimum atomic E-state index is -0.211. The monoisotopic (exact) mass is 501 g/mol. The quantitative estimate of drug-likeness (QED) is 0.679. The molecule has 1 aromatic carbocycles. The zero-order chi connectivity index (χ0) is 25.1. The molecule has 6 nitrogen and oxygen atoms in total. The third-order valence-electron chi connectivity index (χ3n) is 10.5. The van der Waals surface area contributed by atoms with E-state index >= 15 is 0 Å². The summed E-state index contributed by atoms with van der Waals surface area (Å²) in [6.45, 7) is 3.31. The van der Waals surface area contributed by atoms with E-state index in [9.17, 15) is 9.59 Å². The van der Waals surface area contributed by atoms with Crippen LogP contribution in [0.4, 0.5) is 0 Å². The minimum absolute atomic E-state index is 0.00960. The third-order valence-corrected chi connectivity index (χ3v) is 10.5. The first-order valence-corrected chi connectivity index (χ1v) is 14.4. The number of piperidine rings is 1. The van der Waals surface area contributed by atoms with Gasteiger partial charge in [-0.1, -0.05) is 12.1 Å². The number of benzene rings is 1. The van der Waals surface area contributed by atoms with Gasteiger partial charge in [-0.25, -0.2) is 0 Å². The number of ether oxygens (including phenoxy) is 1.